The van der Waals surface area contributed by atoms with Gasteiger partial charge in [0, 0.05) is 0 Å². The number of benzene rings is 5. The molecule has 0 aliphatic heterocycles. The van der Waals surface area contributed by atoms with E-state index in [0.717, 1.165) is 27.8 Å². The minimum Gasteiger partial charge on any atom is -0.461 e. The lowest BCUT2D eigenvalue weighted by Crippen LogP contribution is -2.37. The molecule has 0 amide bonds. The van der Waals surface area contributed by atoms with Gasteiger partial charge in [-0.15, -0.1) is 0 Å². The lowest BCUT2D eigenvalue weighted by Gasteiger charge is -2.31. The highest BCUT2D eigenvalue weighted by molar-refractivity contribution is 5.80. The Balaban J connectivity index is 0.000000218. The topological polar surface area (TPSA) is 132 Å². The molecule has 0 saturated heterocycles. The summed E-state index contributed by atoms with van der Waals surface area (Å²) < 4.78 is 27.4. The van der Waals surface area contributed by atoms with Crippen LogP contribution in [0.15, 0.2) is 152 Å². The van der Waals surface area contributed by atoms with Gasteiger partial charge >= 0.3 is 29.8 Å². The number of esters is 5. The van der Waals surface area contributed by atoms with Gasteiger partial charge in [-0.05, 0) is 72.8 Å². The Morgan fingerprint density at radius 2 is 0.468 bits per heavy atom. The third kappa shape index (κ3) is 14.6. The molecule has 7 rings (SSSR count). The van der Waals surface area contributed by atoms with Crippen LogP contribution in [0.4, 0.5) is 0 Å². The van der Waals surface area contributed by atoms with E-state index in [-0.39, 0.29) is 62.9 Å². The Kier molecular flexibility index (Phi) is 17.4. The first-order valence-corrected chi connectivity index (χ1v) is 21.3. The molecule has 2 aliphatic rings. The SMILES string of the molecule is O=C(OCc1ccccc1)C1CC(C(=O)OCc2ccccc2)CC(C(=O)OCc2ccccc2)C1.O=C(OCc1ccccc1)C1CCC(C(=O)OCc2ccccc2)CC1. The molecule has 0 bridgehead atoms. The van der Waals surface area contributed by atoms with E-state index in [0.29, 0.717) is 38.9 Å². The van der Waals surface area contributed by atoms with E-state index in [9.17, 15) is 24.0 Å². The van der Waals surface area contributed by atoms with Gasteiger partial charge in [-0.1, -0.05) is 152 Å². The fraction of sp³-hybridized carbons (Fsp3) is 0.327. The highest BCUT2D eigenvalue weighted by atomic mass is 16.5. The largest absolute Gasteiger partial charge is 0.461 e. The fourth-order valence-electron chi connectivity index (χ4n) is 7.69. The van der Waals surface area contributed by atoms with Crippen molar-refractivity contribution in [1.29, 1.82) is 0 Å². The first-order chi connectivity index (χ1) is 30.3. The molecule has 10 heteroatoms. The Morgan fingerprint density at radius 3 is 0.661 bits per heavy atom. The number of carbonyl (C=O) groups excluding carboxylic acids is 5. The van der Waals surface area contributed by atoms with Crippen molar-refractivity contribution in [3.05, 3.63) is 179 Å². The zero-order valence-corrected chi connectivity index (χ0v) is 34.9. The highest BCUT2D eigenvalue weighted by Crippen LogP contribution is 2.36. The molecule has 62 heavy (non-hydrogen) atoms. The zero-order valence-electron chi connectivity index (χ0n) is 34.9. The summed E-state index contributed by atoms with van der Waals surface area (Å²) in [4.78, 5) is 63.3. The molecule has 0 heterocycles. The van der Waals surface area contributed by atoms with E-state index in [1.54, 1.807) is 0 Å². The monoisotopic (exact) mass is 838 g/mol. The first kappa shape index (κ1) is 45.0. The van der Waals surface area contributed by atoms with Gasteiger partial charge in [-0.3, -0.25) is 24.0 Å². The molecule has 2 saturated carbocycles. The zero-order chi connectivity index (χ0) is 43.4. The number of hydrogen-bond acceptors (Lipinski definition) is 10. The maximum Gasteiger partial charge on any atom is 0.309 e. The van der Waals surface area contributed by atoms with Crippen LogP contribution >= 0.6 is 0 Å². The second kappa shape index (κ2) is 24.0. The Bertz CT molecular complexity index is 1920. The molecule has 0 atom stereocenters. The average Bonchev–Trinajstić information content (AvgIpc) is 3.34. The van der Waals surface area contributed by atoms with Crippen LogP contribution in [0, 0.1) is 29.6 Å². The van der Waals surface area contributed by atoms with Crippen LogP contribution in [0.2, 0.25) is 0 Å². The maximum absolute atomic E-state index is 12.9. The van der Waals surface area contributed by atoms with Gasteiger partial charge in [0.1, 0.15) is 33.0 Å². The smallest absolute Gasteiger partial charge is 0.309 e. The number of rotatable bonds is 15. The first-order valence-electron chi connectivity index (χ1n) is 21.3. The Morgan fingerprint density at radius 1 is 0.290 bits per heavy atom. The van der Waals surface area contributed by atoms with Gasteiger partial charge in [0.15, 0.2) is 0 Å². The van der Waals surface area contributed by atoms with Gasteiger partial charge in [0.05, 0.1) is 29.6 Å². The van der Waals surface area contributed by atoms with Crippen molar-refractivity contribution < 1.29 is 47.7 Å². The molecule has 0 spiro atoms. The molecule has 10 nitrogen and oxygen atoms in total. The summed E-state index contributed by atoms with van der Waals surface area (Å²) in [6, 6.07) is 47.5. The lowest BCUT2D eigenvalue weighted by atomic mass is 9.75. The van der Waals surface area contributed by atoms with Crippen molar-refractivity contribution in [3.8, 4) is 0 Å². The second-order valence-corrected chi connectivity index (χ2v) is 15.8. The predicted molar refractivity (Wildman–Crippen MR) is 231 cm³/mol. The minimum absolute atomic E-state index is 0.114. The summed E-state index contributed by atoms with van der Waals surface area (Å²) in [6.07, 6.45) is 3.56. The van der Waals surface area contributed by atoms with E-state index < -0.39 is 35.7 Å². The summed E-state index contributed by atoms with van der Waals surface area (Å²) in [5.74, 6) is -3.58. The molecule has 2 aliphatic carbocycles. The Labute approximate surface area is 363 Å². The molecule has 0 N–H and O–H groups in total. The van der Waals surface area contributed by atoms with Crippen LogP contribution in [0.1, 0.15) is 72.8 Å². The van der Waals surface area contributed by atoms with Gasteiger partial charge in [0.2, 0.25) is 0 Å². The van der Waals surface area contributed by atoms with E-state index in [1.807, 2.05) is 152 Å². The lowest BCUT2D eigenvalue weighted by molar-refractivity contribution is -0.162. The summed E-state index contributed by atoms with van der Waals surface area (Å²) in [5.41, 5.74) is 4.59. The van der Waals surface area contributed by atoms with E-state index in [4.69, 9.17) is 23.7 Å². The molecule has 2 fully saturated rings. The highest BCUT2D eigenvalue weighted by Gasteiger charge is 2.41. The van der Waals surface area contributed by atoms with Crippen LogP contribution in [0.5, 0.6) is 0 Å². The van der Waals surface area contributed by atoms with Crippen LogP contribution in [0.3, 0.4) is 0 Å². The molecule has 0 radical (unpaired) electrons. The van der Waals surface area contributed by atoms with Crippen molar-refractivity contribution in [3.63, 3.8) is 0 Å². The summed E-state index contributed by atoms with van der Waals surface area (Å²) in [6.45, 7) is 1.03. The summed E-state index contributed by atoms with van der Waals surface area (Å²) in [5, 5.41) is 0. The summed E-state index contributed by atoms with van der Waals surface area (Å²) >= 11 is 0. The number of hydrogen-bond donors (Lipinski definition) is 0. The van der Waals surface area contributed by atoms with Crippen LogP contribution in [-0.2, 0) is 80.7 Å². The Hall–Kier alpha value is -6.55. The second-order valence-electron chi connectivity index (χ2n) is 15.8. The molecule has 322 valence electrons. The molecule has 0 unspecified atom stereocenters. The number of ether oxygens (including phenoxy) is 5. The van der Waals surface area contributed by atoms with E-state index in [2.05, 4.69) is 0 Å². The standard InChI is InChI=1S/C30H30O6.C22H24O4/c31-28(34-19-22-10-4-1-5-11-22)25-16-26(29(32)35-20-23-12-6-2-7-13-23)18-27(17-25)30(33)36-21-24-14-8-3-9-15-24;23-21(25-15-17-7-3-1-4-8-17)19-11-13-20(14-12-19)22(24)26-16-18-9-5-2-6-10-18/h1-15,25-27H,16-21H2;1-10,19-20H,11-16H2. The fourth-order valence-corrected chi connectivity index (χ4v) is 7.69. The maximum atomic E-state index is 12.9. The normalized spacial score (nSPS) is 19.3. The van der Waals surface area contributed by atoms with Crippen molar-refractivity contribution in [2.24, 2.45) is 29.6 Å². The van der Waals surface area contributed by atoms with Crippen LogP contribution < -0.4 is 0 Å². The third-order valence-corrected chi connectivity index (χ3v) is 11.2. The van der Waals surface area contributed by atoms with Gasteiger partial charge in [-0.2, -0.15) is 0 Å². The van der Waals surface area contributed by atoms with Crippen molar-refractivity contribution in [2.75, 3.05) is 0 Å². The molecule has 0 aromatic heterocycles. The molecule has 5 aromatic rings. The number of carbonyl (C=O) groups is 5. The third-order valence-electron chi connectivity index (χ3n) is 11.2. The molecular weight excluding hydrogens is 785 g/mol. The quantitative estimate of drug-likeness (QED) is 0.0742. The molecule has 5 aromatic carbocycles. The van der Waals surface area contributed by atoms with Crippen molar-refractivity contribution in [1.82, 2.24) is 0 Å². The van der Waals surface area contributed by atoms with Crippen molar-refractivity contribution in [2.45, 2.75) is 78.0 Å². The minimum atomic E-state index is -0.592. The van der Waals surface area contributed by atoms with E-state index >= 15 is 0 Å². The molecular formula is C52H54O10. The van der Waals surface area contributed by atoms with Crippen molar-refractivity contribution >= 4 is 29.8 Å². The average molecular weight is 839 g/mol. The van der Waals surface area contributed by atoms with E-state index in [1.165, 1.54) is 0 Å². The van der Waals surface area contributed by atoms with Gasteiger partial charge < -0.3 is 23.7 Å². The van der Waals surface area contributed by atoms with Gasteiger partial charge in [-0.25, -0.2) is 0 Å². The van der Waals surface area contributed by atoms with Gasteiger partial charge in [0.25, 0.3) is 0 Å². The predicted octanol–water partition coefficient (Wildman–Crippen LogP) is 9.53. The van der Waals surface area contributed by atoms with Crippen LogP contribution in [0.25, 0.3) is 0 Å². The summed E-state index contributed by atoms with van der Waals surface area (Å²) in [7, 11) is 0. The van der Waals surface area contributed by atoms with Crippen LogP contribution in [-0.4, -0.2) is 29.8 Å².